The Hall–Kier alpha value is -1.20. The Morgan fingerprint density at radius 2 is 1.89 bits per heavy atom. The van der Waals surface area contributed by atoms with Crippen LogP contribution in [-0.2, 0) is 6.54 Å². The normalized spacial score (nSPS) is 11.4. The Labute approximate surface area is 116 Å². The molecule has 0 spiro atoms. The van der Waals surface area contributed by atoms with Gasteiger partial charge in [-0.1, -0.05) is 13.8 Å². The van der Waals surface area contributed by atoms with Gasteiger partial charge in [0.1, 0.15) is 5.82 Å². The van der Waals surface area contributed by atoms with Gasteiger partial charge < -0.3 is 15.5 Å². The summed E-state index contributed by atoms with van der Waals surface area (Å²) in [6.07, 6.45) is 3.01. The number of anilines is 1. The second-order valence-corrected chi connectivity index (χ2v) is 5.50. The first-order valence-electron chi connectivity index (χ1n) is 6.87. The highest BCUT2D eigenvalue weighted by atomic mass is 15.1. The third kappa shape index (κ3) is 4.76. The van der Waals surface area contributed by atoms with Crippen LogP contribution in [0.4, 0.5) is 5.69 Å². The summed E-state index contributed by atoms with van der Waals surface area (Å²) in [4.78, 5) is 13.4. The predicted octanol–water partition coefficient (Wildman–Crippen LogP) is 1.45. The molecule has 5 nitrogen and oxygen atoms in total. The zero-order chi connectivity index (χ0) is 14.4. The summed E-state index contributed by atoms with van der Waals surface area (Å²) < 4.78 is 0. The molecule has 108 valence electrons. The van der Waals surface area contributed by atoms with Crippen LogP contribution in [-0.4, -0.2) is 49.1 Å². The van der Waals surface area contributed by atoms with Crippen LogP contribution in [0.5, 0.6) is 0 Å². The Bertz CT molecular complexity index is 389. The van der Waals surface area contributed by atoms with E-state index in [9.17, 15) is 0 Å². The van der Waals surface area contributed by atoms with Gasteiger partial charge in [0.25, 0.3) is 0 Å². The van der Waals surface area contributed by atoms with E-state index < -0.39 is 0 Å². The number of nitrogens with two attached hydrogens (primary N) is 1. The largest absolute Gasteiger partial charge is 0.372 e. The molecule has 0 amide bonds. The molecule has 1 aromatic rings. The molecule has 0 bridgehead atoms. The van der Waals surface area contributed by atoms with Gasteiger partial charge in [0.05, 0.1) is 17.6 Å². The lowest BCUT2D eigenvalue weighted by atomic mass is 10.2. The molecule has 0 aromatic carbocycles. The molecule has 1 rings (SSSR count). The molecule has 1 heterocycles. The number of aromatic nitrogens is 2. The summed E-state index contributed by atoms with van der Waals surface area (Å²) in [5.41, 5.74) is 7.79. The molecule has 19 heavy (non-hydrogen) atoms. The van der Waals surface area contributed by atoms with E-state index >= 15 is 0 Å². The van der Waals surface area contributed by atoms with E-state index in [2.05, 4.69) is 54.8 Å². The van der Waals surface area contributed by atoms with Crippen LogP contribution in [0.1, 0.15) is 37.7 Å². The van der Waals surface area contributed by atoms with Crippen molar-refractivity contribution in [2.45, 2.75) is 32.7 Å². The van der Waals surface area contributed by atoms with E-state index in [0.717, 1.165) is 36.7 Å². The van der Waals surface area contributed by atoms with Crippen LogP contribution < -0.4 is 10.6 Å². The van der Waals surface area contributed by atoms with Gasteiger partial charge in [0.2, 0.25) is 0 Å². The number of hydrogen-bond acceptors (Lipinski definition) is 5. The van der Waals surface area contributed by atoms with Crippen molar-refractivity contribution < 1.29 is 0 Å². The molecular weight excluding hydrogens is 238 g/mol. The van der Waals surface area contributed by atoms with Gasteiger partial charge in [0.15, 0.2) is 0 Å². The van der Waals surface area contributed by atoms with Crippen LogP contribution in [0.25, 0.3) is 0 Å². The minimum Gasteiger partial charge on any atom is -0.372 e. The number of hydrogen-bond donors (Lipinski definition) is 1. The molecule has 2 N–H and O–H groups in total. The van der Waals surface area contributed by atoms with E-state index in [0.29, 0.717) is 12.5 Å². The van der Waals surface area contributed by atoms with Crippen LogP contribution in [0.3, 0.4) is 0 Å². The average Bonchev–Trinajstić information content (AvgIpc) is 2.37. The van der Waals surface area contributed by atoms with Crippen molar-refractivity contribution in [2.75, 3.05) is 39.1 Å². The fraction of sp³-hybridized carbons (Fsp3) is 0.714. The second kappa shape index (κ2) is 7.40. The minimum atomic E-state index is 0.332. The zero-order valence-electron chi connectivity index (χ0n) is 12.8. The van der Waals surface area contributed by atoms with E-state index in [4.69, 9.17) is 5.73 Å². The van der Waals surface area contributed by atoms with Gasteiger partial charge in [-0.3, -0.25) is 0 Å². The maximum absolute atomic E-state index is 5.81. The lowest BCUT2D eigenvalue weighted by Gasteiger charge is -2.22. The molecule has 1 aromatic heterocycles. The highest BCUT2D eigenvalue weighted by molar-refractivity contribution is 5.48. The standard InChI is InChI=1S/C14H27N5/c1-11(2)14-16-10-13(12(9-15)17-14)19(5)8-6-7-18(3)4/h10-11H,6-9,15H2,1-5H3. The summed E-state index contributed by atoms with van der Waals surface area (Å²) in [6.45, 7) is 6.70. The van der Waals surface area contributed by atoms with Gasteiger partial charge in [-0.15, -0.1) is 0 Å². The summed E-state index contributed by atoms with van der Waals surface area (Å²) in [5.74, 6) is 1.20. The Kier molecular flexibility index (Phi) is 6.18. The first-order chi connectivity index (χ1) is 8.95. The quantitative estimate of drug-likeness (QED) is 0.808. The Morgan fingerprint density at radius 1 is 1.21 bits per heavy atom. The van der Waals surface area contributed by atoms with Crippen molar-refractivity contribution in [3.05, 3.63) is 17.7 Å². The Balaban J connectivity index is 2.76. The highest BCUT2D eigenvalue weighted by Gasteiger charge is 2.11. The predicted molar refractivity (Wildman–Crippen MR) is 80.5 cm³/mol. The van der Waals surface area contributed by atoms with E-state index in [1.165, 1.54) is 0 Å². The van der Waals surface area contributed by atoms with Crippen molar-refractivity contribution >= 4 is 5.69 Å². The average molecular weight is 265 g/mol. The maximum atomic E-state index is 5.81. The summed E-state index contributed by atoms with van der Waals surface area (Å²) in [6, 6.07) is 0. The third-order valence-corrected chi connectivity index (χ3v) is 3.08. The highest BCUT2D eigenvalue weighted by Crippen LogP contribution is 2.19. The number of rotatable bonds is 7. The zero-order valence-corrected chi connectivity index (χ0v) is 12.8. The van der Waals surface area contributed by atoms with Crippen LogP contribution in [0.15, 0.2) is 6.20 Å². The maximum Gasteiger partial charge on any atom is 0.131 e. The fourth-order valence-corrected chi connectivity index (χ4v) is 1.92. The van der Waals surface area contributed by atoms with E-state index in [-0.39, 0.29) is 0 Å². The third-order valence-electron chi connectivity index (χ3n) is 3.08. The molecule has 0 radical (unpaired) electrons. The second-order valence-electron chi connectivity index (χ2n) is 5.50. The van der Waals surface area contributed by atoms with Gasteiger partial charge in [-0.2, -0.15) is 0 Å². The summed E-state index contributed by atoms with van der Waals surface area (Å²) in [5, 5.41) is 0. The van der Waals surface area contributed by atoms with E-state index in [1.54, 1.807) is 0 Å². The smallest absolute Gasteiger partial charge is 0.131 e. The lowest BCUT2D eigenvalue weighted by molar-refractivity contribution is 0.401. The van der Waals surface area contributed by atoms with Gasteiger partial charge in [-0.05, 0) is 27.1 Å². The molecular formula is C14H27N5. The van der Waals surface area contributed by atoms with Crippen molar-refractivity contribution in [1.29, 1.82) is 0 Å². The molecule has 0 aliphatic heterocycles. The van der Waals surface area contributed by atoms with Crippen molar-refractivity contribution in [1.82, 2.24) is 14.9 Å². The first-order valence-corrected chi connectivity index (χ1v) is 6.87. The van der Waals surface area contributed by atoms with Gasteiger partial charge >= 0.3 is 0 Å². The monoisotopic (exact) mass is 265 g/mol. The molecule has 0 saturated heterocycles. The molecule has 0 saturated carbocycles. The number of nitrogens with zero attached hydrogens (tertiary/aromatic N) is 4. The summed E-state index contributed by atoms with van der Waals surface area (Å²) >= 11 is 0. The van der Waals surface area contributed by atoms with Gasteiger partial charge in [-0.25, -0.2) is 9.97 Å². The van der Waals surface area contributed by atoms with Crippen LogP contribution in [0, 0.1) is 0 Å². The molecule has 0 unspecified atom stereocenters. The molecule has 0 atom stereocenters. The van der Waals surface area contributed by atoms with Crippen molar-refractivity contribution in [3.63, 3.8) is 0 Å². The minimum absolute atomic E-state index is 0.332. The van der Waals surface area contributed by atoms with Crippen LogP contribution >= 0.6 is 0 Å². The van der Waals surface area contributed by atoms with Gasteiger partial charge in [0, 0.05) is 26.1 Å². The molecule has 0 aliphatic rings. The molecule has 0 fully saturated rings. The fourth-order valence-electron chi connectivity index (χ4n) is 1.92. The first kappa shape index (κ1) is 15.9. The Morgan fingerprint density at radius 3 is 2.42 bits per heavy atom. The SMILES string of the molecule is CC(C)c1ncc(N(C)CCCN(C)C)c(CN)n1. The van der Waals surface area contributed by atoms with E-state index in [1.807, 2.05) is 6.20 Å². The topological polar surface area (TPSA) is 58.3 Å². The lowest BCUT2D eigenvalue weighted by Crippen LogP contribution is -2.25. The van der Waals surface area contributed by atoms with Crippen LogP contribution in [0.2, 0.25) is 0 Å². The molecule has 5 heteroatoms. The van der Waals surface area contributed by atoms with Crippen molar-refractivity contribution in [2.24, 2.45) is 5.73 Å². The van der Waals surface area contributed by atoms with Crippen molar-refractivity contribution in [3.8, 4) is 0 Å². The summed E-state index contributed by atoms with van der Waals surface area (Å²) in [7, 11) is 6.25. The molecule has 0 aliphatic carbocycles.